The minimum atomic E-state index is -0.865. The van der Waals surface area contributed by atoms with Gasteiger partial charge >= 0.3 is 5.97 Å². The van der Waals surface area contributed by atoms with Gasteiger partial charge in [-0.05, 0) is 49.9 Å². The van der Waals surface area contributed by atoms with Crippen molar-refractivity contribution in [3.8, 4) is 0 Å². The molecule has 0 radical (unpaired) electrons. The second-order valence-corrected chi connectivity index (χ2v) is 6.41. The third kappa shape index (κ3) is 5.70. The maximum Gasteiger partial charge on any atom is 0.335 e. The summed E-state index contributed by atoms with van der Waals surface area (Å²) in [5, 5.41) is 20.2. The molecule has 2 heterocycles. The molecule has 7 nitrogen and oxygen atoms in total. The molecule has 0 bridgehead atoms. The van der Waals surface area contributed by atoms with Gasteiger partial charge in [0.2, 0.25) is 0 Å². The van der Waals surface area contributed by atoms with Gasteiger partial charge in [0.05, 0.1) is 11.8 Å². The molecule has 0 amide bonds. The van der Waals surface area contributed by atoms with Gasteiger partial charge in [0, 0.05) is 31.4 Å². The molecule has 140 valence electrons. The first-order valence-electron chi connectivity index (χ1n) is 8.69. The molecule has 1 aromatic heterocycles. The Balaban J connectivity index is 0.000000758. The predicted octanol–water partition coefficient (Wildman–Crippen LogP) is 2.37. The number of carboxylic acids is 1. The summed E-state index contributed by atoms with van der Waals surface area (Å²) >= 11 is 0. The van der Waals surface area contributed by atoms with Crippen molar-refractivity contribution in [3.05, 3.63) is 53.3 Å². The average molecular weight is 359 g/mol. The lowest BCUT2D eigenvalue weighted by Gasteiger charge is -2.15. The Morgan fingerprint density at radius 3 is 2.58 bits per heavy atom. The lowest BCUT2D eigenvalue weighted by molar-refractivity contribution is -0.122. The van der Waals surface area contributed by atoms with Crippen LogP contribution in [0.3, 0.4) is 0 Å². The first-order chi connectivity index (χ1) is 12.5. The second kappa shape index (κ2) is 9.72. The Morgan fingerprint density at radius 1 is 1.31 bits per heavy atom. The van der Waals surface area contributed by atoms with E-state index in [0.29, 0.717) is 11.5 Å². The number of hydrogen-bond acceptors (Lipinski definition) is 4. The van der Waals surface area contributed by atoms with Crippen molar-refractivity contribution in [3.63, 3.8) is 0 Å². The lowest BCUT2D eigenvalue weighted by Crippen LogP contribution is -2.20. The zero-order chi connectivity index (χ0) is 18.9. The fourth-order valence-corrected chi connectivity index (χ4v) is 3.26. The van der Waals surface area contributed by atoms with Gasteiger partial charge in [-0.2, -0.15) is 5.10 Å². The first kappa shape index (κ1) is 19.7. The van der Waals surface area contributed by atoms with Crippen LogP contribution < -0.4 is 0 Å². The number of likely N-dealkylation sites (tertiary alicyclic amines) is 1. The molecular weight excluding hydrogens is 334 g/mol. The molecule has 7 heteroatoms. The molecule has 0 saturated carbocycles. The Hall–Kier alpha value is -2.67. The maximum absolute atomic E-state index is 10.9. The highest BCUT2D eigenvalue weighted by Gasteiger charge is 2.23. The van der Waals surface area contributed by atoms with Gasteiger partial charge in [-0.15, -0.1) is 0 Å². The van der Waals surface area contributed by atoms with E-state index in [2.05, 4.69) is 23.1 Å². The highest BCUT2D eigenvalue weighted by molar-refractivity contribution is 5.87. The summed E-state index contributed by atoms with van der Waals surface area (Å²) in [5.41, 5.74) is 2.86. The quantitative estimate of drug-likeness (QED) is 0.769. The van der Waals surface area contributed by atoms with Crippen LogP contribution in [0.4, 0.5) is 0 Å². The van der Waals surface area contributed by atoms with Crippen molar-refractivity contribution < 1.29 is 19.8 Å². The number of benzene rings is 1. The summed E-state index contributed by atoms with van der Waals surface area (Å²) in [6.45, 7) is 5.94. The van der Waals surface area contributed by atoms with Crippen LogP contribution in [-0.2, 0) is 24.3 Å². The molecular formula is C19H25N3O4. The highest BCUT2D eigenvalue weighted by Crippen LogP contribution is 2.22. The van der Waals surface area contributed by atoms with Gasteiger partial charge in [0.25, 0.3) is 6.47 Å². The van der Waals surface area contributed by atoms with Gasteiger partial charge < -0.3 is 10.2 Å². The van der Waals surface area contributed by atoms with Crippen LogP contribution in [-0.4, -0.2) is 50.4 Å². The van der Waals surface area contributed by atoms with Gasteiger partial charge in [-0.25, -0.2) is 4.79 Å². The van der Waals surface area contributed by atoms with E-state index in [4.69, 9.17) is 15.0 Å². The summed E-state index contributed by atoms with van der Waals surface area (Å²) in [6, 6.07) is 7.28. The molecule has 1 aliphatic rings. The monoisotopic (exact) mass is 359 g/mol. The van der Waals surface area contributed by atoms with Crippen molar-refractivity contribution in [2.45, 2.75) is 32.9 Å². The number of aromatic nitrogens is 2. The molecule has 1 aromatic carbocycles. The van der Waals surface area contributed by atoms with E-state index in [1.54, 1.807) is 12.1 Å². The van der Waals surface area contributed by atoms with Crippen molar-refractivity contribution in [2.75, 3.05) is 13.1 Å². The van der Waals surface area contributed by atoms with E-state index < -0.39 is 5.97 Å². The lowest BCUT2D eigenvalue weighted by atomic mass is 9.98. The van der Waals surface area contributed by atoms with Crippen LogP contribution in [0.1, 0.15) is 34.8 Å². The van der Waals surface area contributed by atoms with Crippen molar-refractivity contribution in [1.82, 2.24) is 14.7 Å². The van der Waals surface area contributed by atoms with E-state index in [1.165, 1.54) is 17.5 Å². The van der Waals surface area contributed by atoms with Crippen LogP contribution in [0, 0.1) is 5.92 Å². The first-order valence-corrected chi connectivity index (χ1v) is 8.69. The third-order valence-corrected chi connectivity index (χ3v) is 4.51. The van der Waals surface area contributed by atoms with Crippen LogP contribution in [0.2, 0.25) is 0 Å². The normalized spacial score (nSPS) is 16.7. The number of carboxylic acid groups (broad SMARTS) is 2. The summed E-state index contributed by atoms with van der Waals surface area (Å²) in [6.07, 6.45) is 6.30. The van der Waals surface area contributed by atoms with Crippen molar-refractivity contribution in [1.29, 1.82) is 0 Å². The van der Waals surface area contributed by atoms with Gasteiger partial charge in [-0.1, -0.05) is 12.1 Å². The molecule has 2 N–H and O–H groups in total. The number of hydrogen-bond donors (Lipinski definition) is 2. The second-order valence-electron chi connectivity index (χ2n) is 6.41. The van der Waals surface area contributed by atoms with Crippen molar-refractivity contribution >= 4 is 12.4 Å². The van der Waals surface area contributed by atoms with Crippen LogP contribution in [0.5, 0.6) is 0 Å². The van der Waals surface area contributed by atoms with E-state index in [9.17, 15) is 4.79 Å². The smallest absolute Gasteiger partial charge is 0.335 e. The zero-order valence-corrected chi connectivity index (χ0v) is 14.9. The molecule has 1 unspecified atom stereocenters. The van der Waals surface area contributed by atoms with Crippen molar-refractivity contribution in [2.24, 2.45) is 5.92 Å². The topological polar surface area (TPSA) is 95.7 Å². The van der Waals surface area contributed by atoms with Gasteiger partial charge in [-0.3, -0.25) is 14.4 Å². The van der Waals surface area contributed by atoms with E-state index in [-0.39, 0.29) is 6.47 Å². The zero-order valence-electron chi connectivity index (χ0n) is 14.9. The Labute approximate surface area is 152 Å². The fraction of sp³-hybridized carbons (Fsp3) is 0.421. The molecule has 0 aliphatic carbocycles. The number of carbonyl (C=O) groups is 2. The van der Waals surface area contributed by atoms with Crippen LogP contribution in [0.25, 0.3) is 0 Å². The van der Waals surface area contributed by atoms with E-state index in [0.717, 1.165) is 32.6 Å². The minimum Gasteiger partial charge on any atom is -0.483 e. The Kier molecular flexibility index (Phi) is 7.35. The molecule has 1 fully saturated rings. The van der Waals surface area contributed by atoms with Crippen LogP contribution in [0.15, 0.2) is 36.7 Å². The standard InChI is InChI=1S/C18H23N3O2.CH2O2/c1-2-21-13-16(10-19-21)12-20-8-7-15(11-20)9-14-3-5-17(6-4-14)18(22)23;2-1-3/h3-6,10,13,15H,2,7-9,11-12H2,1H3,(H,22,23);1H,(H,2,3). The predicted molar refractivity (Wildman–Crippen MR) is 97.1 cm³/mol. The highest BCUT2D eigenvalue weighted by atomic mass is 16.4. The van der Waals surface area contributed by atoms with Crippen LogP contribution >= 0.6 is 0 Å². The SMILES string of the molecule is CCn1cc(CN2CCC(Cc3ccc(C(=O)O)cc3)C2)cn1.O=CO. The molecule has 26 heavy (non-hydrogen) atoms. The molecule has 3 rings (SSSR count). The Morgan fingerprint density at radius 2 is 2.00 bits per heavy atom. The summed E-state index contributed by atoms with van der Waals surface area (Å²) < 4.78 is 1.97. The number of rotatable bonds is 6. The molecule has 0 spiro atoms. The average Bonchev–Trinajstić information content (AvgIpc) is 3.26. The number of aryl methyl sites for hydroxylation is 1. The maximum atomic E-state index is 10.9. The third-order valence-electron chi connectivity index (χ3n) is 4.51. The summed E-state index contributed by atoms with van der Waals surface area (Å²) in [5.74, 6) is -0.219. The molecule has 2 aromatic rings. The summed E-state index contributed by atoms with van der Waals surface area (Å²) in [7, 11) is 0. The van der Waals surface area contributed by atoms with E-state index in [1.807, 2.05) is 23.0 Å². The largest absolute Gasteiger partial charge is 0.483 e. The van der Waals surface area contributed by atoms with Gasteiger partial charge in [0.15, 0.2) is 0 Å². The molecule has 1 atom stereocenters. The number of aromatic carboxylic acids is 1. The summed E-state index contributed by atoms with van der Waals surface area (Å²) in [4.78, 5) is 21.7. The minimum absolute atomic E-state index is 0.250. The van der Waals surface area contributed by atoms with Gasteiger partial charge in [0.1, 0.15) is 0 Å². The van der Waals surface area contributed by atoms with E-state index >= 15 is 0 Å². The Bertz CT molecular complexity index is 712. The molecule has 1 aliphatic heterocycles. The fourth-order valence-electron chi connectivity index (χ4n) is 3.26. The molecule has 1 saturated heterocycles. The number of nitrogens with zero attached hydrogens (tertiary/aromatic N) is 3.